The van der Waals surface area contributed by atoms with E-state index in [0.29, 0.717) is 25.9 Å². The average molecular weight is 1070 g/mol. The highest BCUT2D eigenvalue weighted by atomic mass is 16.5. The number of ether oxygens (including phenoxy) is 1. The molecule has 2 unspecified atom stereocenters. The number of hydrogen-bond acceptors (Lipinski definition) is 5. The van der Waals surface area contributed by atoms with Gasteiger partial charge in [0.15, 0.2) is 0 Å². The van der Waals surface area contributed by atoms with E-state index in [-0.39, 0.29) is 18.5 Å². The molecule has 0 bridgehead atoms. The highest BCUT2D eigenvalue weighted by Gasteiger charge is 2.20. The van der Waals surface area contributed by atoms with Gasteiger partial charge in [0.1, 0.15) is 0 Å². The molecular formula is C70H135NO5. The number of amides is 1. The van der Waals surface area contributed by atoms with Crippen LogP contribution in [-0.2, 0) is 14.3 Å². The number of nitrogens with one attached hydrogen (secondary N) is 1. The number of unbranched alkanes of at least 4 members (excludes halogenated alkanes) is 50. The summed E-state index contributed by atoms with van der Waals surface area (Å²) in [5.74, 6) is -0.0221. The Morgan fingerprint density at radius 3 is 0.934 bits per heavy atom. The third kappa shape index (κ3) is 61.6. The van der Waals surface area contributed by atoms with E-state index in [2.05, 4.69) is 43.5 Å². The first-order valence-corrected chi connectivity index (χ1v) is 34.6. The Morgan fingerprint density at radius 2 is 0.618 bits per heavy atom. The van der Waals surface area contributed by atoms with Crippen LogP contribution in [0.4, 0.5) is 0 Å². The lowest BCUT2D eigenvalue weighted by molar-refractivity contribution is -0.143. The molecule has 0 radical (unpaired) electrons. The van der Waals surface area contributed by atoms with Gasteiger partial charge in [-0.05, 0) is 77.0 Å². The first-order chi connectivity index (χ1) is 37.5. The van der Waals surface area contributed by atoms with Crippen molar-refractivity contribution in [2.24, 2.45) is 0 Å². The van der Waals surface area contributed by atoms with Gasteiger partial charge in [-0.15, -0.1) is 0 Å². The molecule has 2 atom stereocenters. The fourth-order valence-electron chi connectivity index (χ4n) is 10.9. The highest BCUT2D eigenvalue weighted by Crippen LogP contribution is 2.18. The first kappa shape index (κ1) is 74.3. The van der Waals surface area contributed by atoms with E-state index in [0.717, 1.165) is 44.9 Å². The number of aliphatic hydroxyl groups excluding tert-OH is 2. The van der Waals surface area contributed by atoms with Crippen LogP contribution in [0.15, 0.2) is 24.3 Å². The quantitative estimate of drug-likeness (QED) is 0.0320. The molecule has 0 rings (SSSR count). The zero-order chi connectivity index (χ0) is 55.0. The van der Waals surface area contributed by atoms with E-state index in [1.165, 1.54) is 308 Å². The Morgan fingerprint density at radius 1 is 0.355 bits per heavy atom. The van der Waals surface area contributed by atoms with Crippen LogP contribution in [0.25, 0.3) is 0 Å². The third-order valence-corrected chi connectivity index (χ3v) is 16.2. The van der Waals surface area contributed by atoms with Crippen molar-refractivity contribution in [1.29, 1.82) is 0 Å². The van der Waals surface area contributed by atoms with Crippen LogP contribution in [0.5, 0.6) is 0 Å². The monoisotopic (exact) mass is 1070 g/mol. The largest absolute Gasteiger partial charge is 0.466 e. The van der Waals surface area contributed by atoms with Gasteiger partial charge in [-0.1, -0.05) is 321 Å². The number of allylic oxidation sites excluding steroid dienone is 4. The first-order valence-electron chi connectivity index (χ1n) is 34.6. The summed E-state index contributed by atoms with van der Waals surface area (Å²) in [4.78, 5) is 24.6. The number of esters is 1. The van der Waals surface area contributed by atoms with Crippen molar-refractivity contribution < 1.29 is 24.5 Å². The second-order valence-corrected chi connectivity index (χ2v) is 23.9. The Hall–Kier alpha value is -1.66. The lowest BCUT2D eigenvalue weighted by Crippen LogP contribution is -2.45. The van der Waals surface area contributed by atoms with Gasteiger partial charge < -0.3 is 20.3 Å². The predicted octanol–water partition coefficient (Wildman–Crippen LogP) is 22.1. The molecule has 0 saturated carbocycles. The summed E-state index contributed by atoms with van der Waals surface area (Å²) in [7, 11) is 0. The summed E-state index contributed by atoms with van der Waals surface area (Å²) < 4.78 is 5.50. The SMILES string of the molecule is CCCCCCCCC/C=C\CCCCCCCCCC(=O)OCCCCCCCCCCCCCC/C=C\CCCCCCCCCCCCC(=O)NC(CO)C(O)CCCCCCCCCCCCCCCCC. The van der Waals surface area contributed by atoms with Crippen molar-refractivity contribution in [3.63, 3.8) is 0 Å². The molecule has 0 aromatic carbocycles. The number of rotatable bonds is 65. The standard InChI is InChI=1S/C70H135NO5/c1-3-5-7-9-11-13-15-17-19-20-32-36-40-44-48-52-56-60-64-70(75)76-65-61-57-53-49-45-41-37-33-30-28-26-24-22-21-23-25-27-29-31-35-39-43-47-51-55-59-63-69(74)71-67(66-72)68(73)62-58-54-50-46-42-38-34-18-16-14-12-10-8-6-4-2/h19-21,23,67-68,72-73H,3-18,22,24-66H2,1-2H3,(H,71,74)/b20-19-,23-21-. The van der Waals surface area contributed by atoms with E-state index < -0.39 is 12.1 Å². The van der Waals surface area contributed by atoms with Crippen molar-refractivity contribution in [1.82, 2.24) is 5.32 Å². The van der Waals surface area contributed by atoms with Crippen LogP contribution in [0, 0.1) is 0 Å². The minimum absolute atomic E-state index is 0.0121. The van der Waals surface area contributed by atoms with Crippen LogP contribution in [0.1, 0.15) is 386 Å². The minimum atomic E-state index is -0.665. The molecule has 6 nitrogen and oxygen atoms in total. The molecular weight excluding hydrogens is 935 g/mol. The van der Waals surface area contributed by atoms with Gasteiger partial charge >= 0.3 is 5.97 Å². The summed E-state index contributed by atoms with van der Waals surface area (Å²) >= 11 is 0. The zero-order valence-corrected chi connectivity index (χ0v) is 51.5. The zero-order valence-electron chi connectivity index (χ0n) is 51.5. The summed E-state index contributed by atoms with van der Waals surface area (Å²) in [6.45, 7) is 4.98. The molecule has 76 heavy (non-hydrogen) atoms. The summed E-state index contributed by atoms with van der Waals surface area (Å²) in [5, 5.41) is 23.3. The molecule has 3 N–H and O–H groups in total. The van der Waals surface area contributed by atoms with Gasteiger partial charge in [0.2, 0.25) is 5.91 Å². The average Bonchev–Trinajstić information content (AvgIpc) is 3.42. The third-order valence-electron chi connectivity index (χ3n) is 16.2. The lowest BCUT2D eigenvalue weighted by Gasteiger charge is -2.22. The number of hydrogen-bond donors (Lipinski definition) is 3. The predicted molar refractivity (Wildman–Crippen MR) is 333 cm³/mol. The van der Waals surface area contributed by atoms with E-state index in [1.54, 1.807) is 0 Å². The number of carbonyl (C=O) groups is 2. The van der Waals surface area contributed by atoms with Crippen LogP contribution >= 0.6 is 0 Å². The maximum absolute atomic E-state index is 12.5. The van der Waals surface area contributed by atoms with Gasteiger partial charge in [0.05, 0.1) is 25.4 Å². The maximum Gasteiger partial charge on any atom is 0.305 e. The molecule has 0 aromatic heterocycles. The molecule has 0 heterocycles. The molecule has 0 saturated heterocycles. The summed E-state index contributed by atoms with van der Waals surface area (Å²) in [6, 6.07) is -0.542. The van der Waals surface area contributed by atoms with Crippen LogP contribution in [0.2, 0.25) is 0 Å². The molecule has 0 fully saturated rings. The molecule has 0 aliphatic heterocycles. The number of carbonyl (C=O) groups excluding carboxylic acids is 2. The van der Waals surface area contributed by atoms with E-state index in [9.17, 15) is 19.8 Å². The van der Waals surface area contributed by atoms with Gasteiger partial charge in [-0.2, -0.15) is 0 Å². The van der Waals surface area contributed by atoms with Crippen molar-refractivity contribution in [3.05, 3.63) is 24.3 Å². The fraction of sp³-hybridized carbons (Fsp3) is 0.914. The topological polar surface area (TPSA) is 95.9 Å². The second-order valence-electron chi connectivity index (χ2n) is 23.9. The lowest BCUT2D eigenvalue weighted by atomic mass is 10.0. The van der Waals surface area contributed by atoms with E-state index >= 15 is 0 Å². The molecule has 6 heteroatoms. The van der Waals surface area contributed by atoms with Crippen LogP contribution in [-0.4, -0.2) is 47.4 Å². The molecule has 450 valence electrons. The highest BCUT2D eigenvalue weighted by molar-refractivity contribution is 5.76. The second kappa shape index (κ2) is 65.9. The molecule has 0 aliphatic carbocycles. The normalized spacial score (nSPS) is 12.6. The Kier molecular flexibility index (Phi) is 64.4. The fourth-order valence-corrected chi connectivity index (χ4v) is 10.9. The Labute approximate surface area is 475 Å². The van der Waals surface area contributed by atoms with Gasteiger partial charge in [-0.3, -0.25) is 9.59 Å². The van der Waals surface area contributed by atoms with Gasteiger partial charge in [-0.25, -0.2) is 0 Å². The minimum Gasteiger partial charge on any atom is -0.466 e. The molecule has 0 spiro atoms. The van der Waals surface area contributed by atoms with Crippen molar-refractivity contribution in [2.75, 3.05) is 13.2 Å². The maximum atomic E-state index is 12.5. The Bertz CT molecular complexity index is 1190. The van der Waals surface area contributed by atoms with Gasteiger partial charge in [0.25, 0.3) is 0 Å². The smallest absolute Gasteiger partial charge is 0.305 e. The van der Waals surface area contributed by atoms with Gasteiger partial charge in [0, 0.05) is 12.8 Å². The Balaban J connectivity index is 3.37. The van der Waals surface area contributed by atoms with E-state index in [1.807, 2.05) is 0 Å². The summed E-state index contributed by atoms with van der Waals surface area (Å²) in [6.07, 6.45) is 82.2. The van der Waals surface area contributed by atoms with Crippen molar-refractivity contribution in [3.8, 4) is 0 Å². The van der Waals surface area contributed by atoms with Crippen molar-refractivity contribution in [2.45, 2.75) is 398 Å². The van der Waals surface area contributed by atoms with Crippen molar-refractivity contribution >= 4 is 11.9 Å². The van der Waals surface area contributed by atoms with Crippen LogP contribution < -0.4 is 5.32 Å². The molecule has 1 amide bonds. The molecule has 0 aromatic rings. The molecule has 0 aliphatic rings. The van der Waals surface area contributed by atoms with E-state index in [4.69, 9.17) is 4.74 Å². The van der Waals surface area contributed by atoms with Crippen LogP contribution in [0.3, 0.4) is 0 Å². The summed E-state index contributed by atoms with van der Waals surface area (Å²) in [5.41, 5.74) is 0. The number of aliphatic hydroxyl groups is 2.